The van der Waals surface area contributed by atoms with Crippen molar-refractivity contribution in [3.8, 4) is 11.5 Å². The van der Waals surface area contributed by atoms with Crippen LogP contribution in [-0.2, 0) is 24.2 Å². The molecular weight excluding hydrogens is 985 g/mol. The predicted octanol–water partition coefficient (Wildman–Crippen LogP) is 5.07. The summed E-state index contributed by atoms with van der Waals surface area (Å²) in [5.41, 5.74) is 0.612. The van der Waals surface area contributed by atoms with Crippen LogP contribution in [0, 0.1) is 30.9 Å². The van der Waals surface area contributed by atoms with Gasteiger partial charge in [-0.15, -0.1) is 0 Å². The highest BCUT2D eigenvalue weighted by molar-refractivity contribution is 7.92. The number of fused-ring (bicyclic) bond motifs is 1. The number of hydrogen-bond donors (Lipinski definition) is 5. The van der Waals surface area contributed by atoms with Crippen LogP contribution in [0.4, 0.5) is 36.8 Å². The van der Waals surface area contributed by atoms with Crippen molar-refractivity contribution in [3.05, 3.63) is 71.9 Å². The molecule has 5 N–H and O–H groups in total. The molecule has 7 rings (SSSR count). The average Bonchev–Trinajstić information content (AvgIpc) is 3.91. The molecule has 0 bridgehead atoms. The lowest BCUT2D eigenvalue weighted by molar-refractivity contribution is -0.143. The fraction of sp³-hybridized carbons (Fsp3) is 0.490. The quantitative estimate of drug-likeness (QED) is 0.0863. The number of likely N-dealkylation sites (N-methyl/N-ethyl adjacent to an activating group) is 1. The second kappa shape index (κ2) is 21.7. The number of hydrogen-bond acceptors (Lipinski definition) is 16. The van der Waals surface area contributed by atoms with Crippen LogP contribution in [0.15, 0.2) is 53.9 Å². The lowest BCUT2D eigenvalue weighted by atomic mass is 9.85. The number of benzene rings is 2. The van der Waals surface area contributed by atoms with Gasteiger partial charge in [-0.3, -0.25) is 29.3 Å². The SMILES string of the molecule is Cc1[nH]nc(Nc2ncnc3cc(OCCN4CCN(c5ncc(O[C@H]6C[C@@H](C(=O)Nc7c(F)cccc7F)N(C(=O)C(NC(=O)C(C)N(C)C(=O)O)C(C)(C)C)C6)cn5)CC4)c(S(=O)(=O)C(C)(C)C)cc23)c1C. The van der Waals surface area contributed by atoms with Crippen LogP contribution in [0.3, 0.4) is 0 Å². The normalized spacial score (nSPS) is 17.4. The van der Waals surface area contributed by atoms with Crippen molar-refractivity contribution in [3.63, 3.8) is 0 Å². The Labute approximate surface area is 427 Å². The number of piperazine rings is 1. The Morgan fingerprint density at radius 3 is 2.22 bits per heavy atom. The molecule has 5 aromatic rings. The number of likely N-dealkylation sites (tertiary alicyclic amines) is 1. The first kappa shape index (κ1) is 54.5. The van der Waals surface area contributed by atoms with Crippen LogP contribution in [0.25, 0.3) is 10.9 Å². The average molecular weight is 1050 g/mol. The number of ether oxygens (including phenoxy) is 2. The zero-order valence-electron chi connectivity index (χ0n) is 43.0. The smallest absolute Gasteiger partial charge is 0.407 e. The van der Waals surface area contributed by atoms with Crippen molar-refractivity contribution in [2.45, 2.75) is 103 Å². The molecule has 2 aliphatic rings. The number of carboxylic acid groups (broad SMARTS) is 1. The summed E-state index contributed by atoms with van der Waals surface area (Å²) in [4.78, 5) is 77.2. The van der Waals surface area contributed by atoms with E-state index in [-0.39, 0.29) is 36.0 Å². The fourth-order valence-corrected chi connectivity index (χ4v) is 9.65. The monoisotopic (exact) mass is 1050 g/mol. The van der Waals surface area contributed by atoms with E-state index >= 15 is 0 Å². The minimum Gasteiger partial charge on any atom is -0.491 e. The van der Waals surface area contributed by atoms with E-state index in [2.05, 4.69) is 51.0 Å². The van der Waals surface area contributed by atoms with E-state index in [4.69, 9.17) is 9.47 Å². The highest BCUT2D eigenvalue weighted by Crippen LogP contribution is 2.38. The molecule has 2 aliphatic heterocycles. The van der Waals surface area contributed by atoms with Gasteiger partial charge in [-0.25, -0.2) is 41.9 Å². The first-order chi connectivity index (χ1) is 34.7. The Morgan fingerprint density at radius 1 is 0.959 bits per heavy atom. The second-order valence-electron chi connectivity index (χ2n) is 20.4. The lowest BCUT2D eigenvalue weighted by Crippen LogP contribution is -2.59. The second-order valence-corrected chi connectivity index (χ2v) is 23.1. The third-order valence-electron chi connectivity index (χ3n) is 13.2. The third kappa shape index (κ3) is 11.9. The zero-order chi connectivity index (χ0) is 54.0. The van der Waals surface area contributed by atoms with Gasteiger partial charge in [0.15, 0.2) is 21.4 Å². The number of rotatable bonds is 16. The summed E-state index contributed by atoms with van der Waals surface area (Å²) < 4.78 is 68.8. The minimum atomic E-state index is -3.90. The number of H-pyrrole nitrogens is 1. The van der Waals surface area contributed by atoms with Crippen molar-refractivity contribution in [1.29, 1.82) is 0 Å². The van der Waals surface area contributed by atoms with Crippen molar-refractivity contribution in [1.82, 2.24) is 50.1 Å². The number of para-hydroxylation sites is 1. The van der Waals surface area contributed by atoms with E-state index < -0.39 is 85.4 Å². The Morgan fingerprint density at radius 2 is 1.62 bits per heavy atom. The Hall–Kier alpha value is -7.28. The number of carbonyl (C=O) groups excluding carboxylic acids is 3. The molecule has 2 unspecified atom stereocenters. The summed E-state index contributed by atoms with van der Waals surface area (Å²) in [5.74, 6) is -2.62. The number of anilines is 4. The van der Waals surface area contributed by atoms with Crippen LogP contribution >= 0.6 is 0 Å². The highest BCUT2D eigenvalue weighted by Gasteiger charge is 2.46. The van der Waals surface area contributed by atoms with Crippen molar-refractivity contribution in [2.24, 2.45) is 5.41 Å². The third-order valence-corrected chi connectivity index (χ3v) is 15.8. The number of amides is 4. The summed E-state index contributed by atoms with van der Waals surface area (Å²) in [5, 5.41) is 25.3. The van der Waals surface area contributed by atoms with E-state index in [0.717, 1.165) is 34.4 Å². The van der Waals surface area contributed by atoms with E-state index in [1.54, 1.807) is 53.7 Å². The van der Waals surface area contributed by atoms with Crippen LogP contribution in [-0.4, -0.2) is 164 Å². The molecule has 2 saturated heterocycles. The molecule has 0 aliphatic carbocycles. The van der Waals surface area contributed by atoms with Gasteiger partial charge >= 0.3 is 6.09 Å². The van der Waals surface area contributed by atoms with Gasteiger partial charge in [0.05, 0.1) is 29.2 Å². The van der Waals surface area contributed by atoms with Crippen molar-refractivity contribution < 1.29 is 51.0 Å². The standard InChI is InChI=1S/C49H63F2N13O9S/c1-27-28(2)59-60-41(27)58-42-32-21-38(74(70,71)49(7,8)9)37(22-35(32)54-26-55-42)72-19-18-62-14-16-63(17-15-62)46-52-23-31(24-53-46)73-30-20-36(44(66)56-39-33(50)12-11-13-34(39)51)64(25-30)45(67)40(48(4,5)6)57-43(65)29(3)61(10)47(68)69/h11-13,21-24,26,29-30,36,40H,14-20,25H2,1-10H3,(H,56,66)(H,57,65)(H,68,69)(H2,54,55,58,59,60)/t29?,30-,36-,40?/m0/s1. The van der Waals surface area contributed by atoms with E-state index in [1.165, 1.54) is 37.6 Å². The maximum absolute atomic E-state index is 14.7. The Kier molecular flexibility index (Phi) is 16.0. The molecule has 4 amide bonds. The minimum absolute atomic E-state index is 0.0223. The number of nitrogens with one attached hydrogen (secondary N) is 4. The number of aromatic nitrogens is 6. The molecule has 398 valence electrons. The summed E-state index contributed by atoms with van der Waals surface area (Å²) in [6, 6.07) is 2.52. The van der Waals surface area contributed by atoms with Gasteiger partial charge in [0.25, 0.3) is 0 Å². The van der Waals surface area contributed by atoms with Crippen LogP contribution in [0.2, 0.25) is 0 Å². The number of halogens is 2. The summed E-state index contributed by atoms with van der Waals surface area (Å²) in [6.07, 6.45) is 2.01. The number of aryl methyl sites for hydroxylation is 1. The van der Waals surface area contributed by atoms with Gasteiger partial charge in [-0.1, -0.05) is 26.8 Å². The van der Waals surface area contributed by atoms with Gasteiger partial charge in [-0.2, -0.15) is 5.10 Å². The van der Waals surface area contributed by atoms with Gasteiger partial charge in [0.1, 0.15) is 70.9 Å². The lowest BCUT2D eigenvalue weighted by Gasteiger charge is -2.36. The number of sulfone groups is 1. The van der Waals surface area contributed by atoms with E-state index in [9.17, 15) is 41.5 Å². The molecule has 74 heavy (non-hydrogen) atoms. The van der Waals surface area contributed by atoms with E-state index in [0.29, 0.717) is 61.2 Å². The molecule has 2 fully saturated rings. The zero-order valence-corrected chi connectivity index (χ0v) is 43.8. The first-order valence-electron chi connectivity index (χ1n) is 24.0. The topological polar surface area (TPSA) is 270 Å². The molecule has 0 radical (unpaired) electrons. The van der Waals surface area contributed by atoms with Gasteiger partial charge < -0.3 is 40.3 Å². The molecule has 22 nitrogen and oxygen atoms in total. The highest BCUT2D eigenvalue weighted by atomic mass is 32.2. The van der Waals surface area contributed by atoms with E-state index in [1.807, 2.05) is 18.7 Å². The largest absolute Gasteiger partial charge is 0.491 e. The summed E-state index contributed by atoms with van der Waals surface area (Å²) in [6.45, 7) is 18.0. The van der Waals surface area contributed by atoms with Crippen LogP contribution in [0.1, 0.15) is 66.1 Å². The molecule has 25 heteroatoms. The molecule has 0 saturated carbocycles. The molecular formula is C49H63F2N13O9S. The number of nitrogens with zero attached hydrogens (tertiary/aromatic N) is 9. The maximum atomic E-state index is 14.7. The van der Waals surface area contributed by atoms with Crippen molar-refractivity contribution >= 4 is 67.8 Å². The molecule has 4 atom stereocenters. The molecule has 3 aromatic heterocycles. The summed E-state index contributed by atoms with van der Waals surface area (Å²) >= 11 is 0. The van der Waals surface area contributed by atoms with Crippen LogP contribution in [0.5, 0.6) is 11.5 Å². The van der Waals surface area contributed by atoms with Crippen LogP contribution < -0.4 is 30.3 Å². The molecule has 2 aromatic carbocycles. The Bertz CT molecular complexity index is 2990. The molecule has 5 heterocycles. The summed E-state index contributed by atoms with van der Waals surface area (Å²) in [7, 11) is -2.68. The van der Waals surface area contributed by atoms with Crippen molar-refractivity contribution in [2.75, 3.05) is 68.5 Å². The maximum Gasteiger partial charge on any atom is 0.407 e. The fourth-order valence-electron chi connectivity index (χ4n) is 8.33. The van der Waals surface area contributed by atoms with Gasteiger partial charge in [0, 0.05) is 68.9 Å². The molecule has 0 spiro atoms. The number of carbonyl (C=O) groups is 4. The first-order valence-corrected chi connectivity index (χ1v) is 25.5. The van der Waals surface area contributed by atoms with Gasteiger partial charge in [-0.05, 0) is 65.2 Å². The van der Waals surface area contributed by atoms with Gasteiger partial charge in [0.2, 0.25) is 23.7 Å². The Balaban J connectivity index is 0.995. The predicted molar refractivity (Wildman–Crippen MR) is 270 cm³/mol. The number of aromatic amines is 1.